The van der Waals surface area contributed by atoms with Gasteiger partial charge < -0.3 is 24.3 Å². The third kappa shape index (κ3) is 3.01. The third-order valence-corrected chi connectivity index (χ3v) is 5.80. The van der Waals surface area contributed by atoms with Gasteiger partial charge >= 0.3 is 6.09 Å². The number of aryl methyl sites for hydroxylation is 1. The Bertz CT molecular complexity index is 1190. The number of carboxylic acid groups (broad SMARTS) is 1. The van der Waals surface area contributed by atoms with E-state index in [1.54, 1.807) is 17.6 Å². The lowest BCUT2D eigenvalue weighted by Gasteiger charge is -2.33. The Balaban J connectivity index is 1.61. The first-order valence-corrected chi connectivity index (χ1v) is 9.81. The largest absolute Gasteiger partial charge is 0.465 e. The molecular weight excluding hydrogens is 379 g/mol. The first-order chi connectivity index (χ1) is 13.9. The third-order valence-electron chi connectivity index (χ3n) is 5.80. The number of halogens is 1. The minimum Gasteiger partial charge on any atom is -0.465 e. The fraction of sp³-hybridized carbons (Fsp3) is 0.450. The summed E-state index contributed by atoms with van der Waals surface area (Å²) in [6.45, 7) is 2.74. The zero-order chi connectivity index (χ0) is 20.3. The van der Waals surface area contributed by atoms with Crippen molar-refractivity contribution < 1.29 is 18.7 Å². The zero-order valence-corrected chi connectivity index (χ0v) is 15.9. The molecule has 5 rings (SSSR count). The lowest BCUT2D eigenvalue weighted by molar-refractivity contribution is 0.187. The van der Waals surface area contributed by atoms with Crippen LogP contribution in [0.4, 0.5) is 14.9 Å². The molecule has 1 saturated heterocycles. The van der Waals surface area contributed by atoms with Crippen LogP contribution in [0.25, 0.3) is 22.0 Å². The van der Waals surface area contributed by atoms with Crippen molar-refractivity contribution in [3.05, 3.63) is 34.2 Å². The number of amides is 1. The average molecular weight is 400 g/mol. The minimum absolute atomic E-state index is 0.107. The van der Waals surface area contributed by atoms with E-state index in [0.717, 1.165) is 12.8 Å². The number of nitrogens with one attached hydrogen (secondary N) is 1. The number of hydrogen-bond acceptors (Lipinski definition) is 5. The van der Waals surface area contributed by atoms with E-state index in [0.29, 0.717) is 54.0 Å². The van der Waals surface area contributed by atoms with Gasteiger partial charge in [-0.1, -0.05) is 0 Å². The van der Waals surface area contributed by atoms with E-state index in [1.165, 1.54) is 6.07 Å². The molecule has 1 aliphatic heterocycles. The van der Waals surface area contributed by atoms with Crippen molar-refractivity contribution in [2.45, 2.75) is 44.7 Å². The van der Waals surface area contributed by atoms with Crippen LogP contribution in [-0.2, 0) is 0 Å². The summed E-state index contributed by atoms with van der Waals surface area (Å²) in [4.78, 5) is 30.0. The molecule has 2 N–H and O–H groups in total. The molecule has 3 heterocycles. The van der Waals surface area contributed by atoms with Crippen molar-refractivity contribution in [1.82, 2.24) is 14.9 Å². The van der Waals surface area contributed by atoms with Crippen LogP contribution in [0.3, 0.4) is 0 Å². The van der Waals surface area contributed by atoms with Crippen molar-refractivity contribution in [3.8, 4) is 0 Å². The normalized spacial score (nSPS) is 17.9. The number of aromatic nitrogens is 2. The highest BCUT2D eigenvalue weighted by Gasteiger charge is 2.30. The van der Waals surface area contributed by atoms with Gasteiger partial charge in [0.2, 0.25) is 0 Å². The Kier molecular flexibility index (Phi) is 4.01. The number of oxazole rings is 1. The molecule has 1 saturated carbocycles. The fourth-order valence-electron chi connectivity index (χ4n) is 4.29. The molecule has 1 aromatic carbocycles. The van der Waals surface area contributed by atoms with Gasteiger partial charge in [-0.2, -0.15) is 0 Å². The Hall–Kier alpha value is -3.10. The predicted octanol–water partition coefficient (Wildman–Crippen LogP) is 3.16. The van der Waals surface area contributed by atoms with Gasteiger partial charge in [-0.3, -0.25) is 4.79 Å². The van der Waals surface area contributed by atoms with E-state index in [4.69, 9.17) is 9.52 Å². The number of fused-ring (bicyclic) bond motifs is 3. The van der Waals surface area contributed by atoms with Crippen LogP contribution < -0.4 is 15.8 Å². The molecule has 29 heavy (non-hydrogen) atoms. The van der Waals surface area contributed by atoms with E-state index in [-0.39, 0.29) is 23.2 Å². The van der Waals surface area contributed by atoms with Crippen LogP contribution in [0.1, 0.15) is 37.6 Å². The number of hydrogen-bond donors (Lipinski definition) is 2. The van der Waals surface area contributed by atoms with E-state index >= 15 is 4.39 Å². The summed E-state index contributed by atoms with van der Waals surface area (Å²) in [6.07, 6.45) is 1.98. The minimum atomic E-state index is -1.04. The van der Waals surface area contributed by atoms with Gasteiger partial charge in [-0.25, -0.2) is 14.2 Å². The first kappa shape index (κ1) is 18.0. The summed E-state index contributed by atoms with van der Waals surface area (Å²) in [5.74, 6) is -0.0112. The lowest BCUT2D eigenvalue weighted by atomic mass is 10.0. The molecule has 8 nitrogen and oxygen atoms in total. The first-order valence-electron chi connectivity index (χ1n) is 9.81. The molecule has 9 heteroatoms. The quantitative estimate of drug-likeness (QED) is 0.700. The number of pyridine rings is 1. The van der Waals surface area contributed by atoms with E-state index in [9.17, 15) is 9.59 Å². The zero-order valence-electron chi connectivity index (χ0n) is 15.9. The van der Waals surface area contributed by atoms with Crippen LogP contribution in [0.5, 0.6) is 0 Å². The van der Waals surface area contributed by atoms with Crippen LogP contribution in [0, 0.1) is 12.7 Å². The maximum atomic E-state index is 15.1. The molecule has 0 spiro atoms. The van der Waals surface area contributed by atoms with Crippen molar-refractivity contribution in [1.29, 1.82) is 0 Å². The van der Waals surface area contributed by atoms with Crippen molar-refractivity contribution >= 4 is 33.8 Å². The molecule has 152 valence electrons. The topological polar surface area (TPSA) is 101 Å². The summed E-state index contributed by atoms with van der Waals surface area (Å²) in [5, 5.41) is 11.9. The highest BCUT2D eigenvalue weighted by Crippen LogP contribution is 2.39. The maximum Gasteiger partial charge on any atom is 0.404 e. The molecule has 0 atom stereocenters. The smallest absolute Gasteiger partial charge is 0.404 e. The van der Waals surface area contributed by atoms with Crippen molar-refractivity contribution in [2.24, 2.45) is 0 Å². The second-order valence-corrected chi connectivity index (χ2v) is 7.85. The van der Waals surface area contributed by atoms with Gasteiger partial charge in [0.15, 0.2) is 17.0 Å². The monoisotopic (exact) mass is 400 g/mol. The second kappa shape index (κ2) is 6.47. The molecule has 2 aliphatic rings. The summed E-state index contributed by atoms with van der Waals surface area (Å²) in [6, 6.07) is 3.13. The van der Waals surface area contributed by atoms with Crippen LogP contribution in [0.2, 0.25) is 0 Å². The van der Waals surface area contributed by atoms with Crippen LogP contribution in [0.15, 0.2) is 21.3 Å². The Morgan fingerprint density at radius 3 is 2.66 bits per heavy atom. The summed E-state index contributed by atoms with van der Waals surface area (Å²) in [7, 11) is 0. The Morgan fingerprint density at radius 2 is 2.00 bits per heavy atom. The molecule has 3 aromatic rings. The number of anilines is 1. The lowest BCUT2D eigenvalue weighted by Crippen LogP contribution is -2.44. The summed E-state index contributed by atoms with van der Waals surface area (Å²) in [5.41, 5.74) is 1.46. The SMILES string of the molecule is Cc1nc2c(=O)n(C3CC3)c3cc(N4CCC(NC(=O)O)CC4)c(F)cc3c2o1. The van der Waals surface area contributed by atoms with Crippen LogP contribution in [-0.4, -0.2) is 39.9 Å². The highest BCUT2D eigenvalue weighted by molar-refractivity contribution is 6.02. The molecule has 1 aliphatic carbocycles. The van der Waals surface area contributed by atoms with Gasteiger partial charge in [0.1, 0.15) is 5.82 Å². The second-order valence-electron chi connectivity index (χ2n) is 7.85. The standard InChI is InChI=1S/C20H21FN4O4/c1-10-22-17-18(29-10)13-8-14(21)16(9-15(13)25(19(17)26)12-2-3-12)24-6-4-11(5-7-24)23-20(27)28/h8-9,11-12,23H,2-7H2,1H3,(H,27,28). The molecule has 2 fully saturated rings. The van der Waals surface area contributed by atoms with Gasteiger partial charge in [0.05, 0.1) is 11.2 Å². The molecule has 0 unspecified atom stereocenters. The number of carbonyl (C=O) groups is 1. The number of rotatable bonds is 3. The highest BCUT2D eigenvalue weighted by atomic mass is 19.1. The average Bonchev–Trinajstić information content (AvgIpc) is 3.42. The van der Waals surface area contributed by atoms with Crippen molar-refractivity contribution in [3.63, 3.8) is 0 Å². The van der Waals surface area contributed by atoms with Gasteiger partial charge in [-0.05, 0) is 37.8 Å². The Morgan fingerprint density at radius 1 is 1.28 bits per heavy atom. The van der Waals surface area contributed by atoms with E-state index in [2.05, 4.69) is 10.3 Å². The molecule has 2 aromatic heterocycles. The molecule has 1 amide bonds. The summed E-state index contributed by atoms with van der Waals surface area (Å²) >= 11 is 0. The van der Waals surface area contributed by atoms with Crippen molar-refractivity contribution in [2.75, 3.05) is 18.0 Å². The van der Waals surface area contributed by atoms with Gasteiger partial charge in [-0.15, -0.1) is 0 Å². The Labute approximate surface area is 164 Å². The number of benzene rings is 1. The van der Waals surface area contributed by atoms with Gasteiger partial charge in [0.25, 0.3) is 5.56 Å². The van der Waals surface area contributed by atoms with Crippen LogP contribution >= 0.6 is 0 Å². The molecule has 0 bridgehead atoms. The predicted molar refractivity (Wildman–Crippen MR) is 105 cm³/mol. The molecule has 0 radical (unpaired) electrons. The van der Waals surface area contributed by atoms with E-state index < -0.39 is 11.9 Å². The number of piperidine rings is 1. The fourth-order valence-corrected chi connectivity index (χ4v) is 4.29. The van der Waals surface area contributed by atoms with E-state index in [1.807, 2.05) is 4.90 Å². The maximum absolute atomic E-state index is 15.1. The molecular formula is C20H21FN4O4. The summed E-state index contributed by atoms with van der Waals surface area (Å²) < 4.78 is 22.5. The number of nitrogens with zero attached hydrogens (tertiary/aromatic N) is 3. The van der Waals surface area contributed by atoms with Gasteiger partial charge in [0, 0.05) is 37.5 Å².